The Labute approximate surface area is 207 Å². The van der Waals surface area contributed by atoms with E-state index in [4.69, 9.17) is 47.7 Å². The van der Waals surface area contributed by atoms with Crippen molar-refractivity contribution in [3.05, 3.63) is 0 Å². The number of rotatable bonds is 16. The number of aliphatic carboxylic acids is 1. The van der Waals surface area contributed by atoms with Crippen LogP contribution in [0.25, 0.3) is 0 Å². The molecule has 1 N–H and O–H groups in total. The second-order valence-electron chi connectivity index (χ2n) is 9.54. The van der Waals surface area contributed by atoms with Gasteiger partial charge in [-0.15, -0.1) is 0 Å². The molecule has 204 valence electrons. The van der Waals surface area contributed by atoms with E-state index < -0.39 is 24.5 Å². The van der Waals surface area contributed by atoms with E-state index >= 15 is 0 Å². The predicted octanol–water partition coefficient (Wildman–Crippen LogP) is 2.10. The molecule has 5 unspecified atom stereocenters. The van der Waals surface area contributed by atoms with E-state index in [-0.39, 0.29) is 44.6 Å². The van der Waals surface area contributed by atoms with Gasteiger partial charge in [0.05, 0.1) is 39.6 Å². The number of carbonyl (C=O) groups is 1. The largest absolute Gasteiger partial charge is 0.480 e. The van der Waals surface area contributed by atoms with Crippen molar-refractivity contribution in [2.24, 2.45) is 0 Å². The average Bonchev–Trinajstić information content (AvgIpc) is 3.18. The lowest BCUT2D eigenvalue weighted by Gasteiger charge is -2.29. The molecular weight excluding hydrogens is 464 g/mol. The van der Waals surface area contributed by atoms with Crippen molar-refractivity contribution in [2.45, 2.75) is 89.1 Å². The van der Waals surface area contributed by atoms with Crippen LogP contribution in [-0.4, -0.2) is 107 Å². The zero-order chi connectivity index (χ0) is 24.9. The molecule has 0 aromatic rings. The van der Waals surface area contributed by atoms with Crippen molar-refractivity contribution in [2.75, 3.05) is 59.5 Å². The van der Waals surface area contributed by atoms with Gasteiger partial charge >= 0.3 is 5.97 Å². The number of carboxylic acids is 1. The summed E-state index contributed by atoms with van der Waals surface area (Å²) in [6.07, 6.45) is 4.18. The van der Waals surface area contributed by atoms with Crippen LogP contribution in [0.5, 0.6) is 0 Å². The lowest BCUT2D eigenvalue weighted by Crippen LogP contribution is -2.37. The topological polar surface area (TPSA) is 120 Å². The van der Waals surface area contributed by atoms with Crippen LogP contribution in [0.3, 0.4) is 0 Å². The van der Waals surface area contributed by atoms with Crippen LogP contribution in [0.1, 0.15) is 52.4 Å². The quantitative estimate of drug-likeness (QED) is 0.331. The molecule has 11 nitrogen and oxygen atoms in total. The summed E-state index contributed by atoms with van der Waals surface area (Å²) in [7, 11) is 0. The number of hydrogen-bond donors (Lipinski definition) is 1. The molecule has 3 fully saturated rings. The first-order valence-corrected chi connectivity index (χ1v) is 12.7. The minimum atomic E-state index is -1.03. The van der Waals surface area contributed by atoms with Crippen molar-refractivity contribution >= 4 is 5.97 Å². The van der Waals surface area contributed by atoms with Gasteiger partial charge in [-0.1, -0.05) is 0 Å². The third-order valence-electron chi connectivity index (χ3n) is 5.78. The van der Waals surface area contributed by atoms with E-state index in [1.807, 2.05) is 13.8 Å². The highest BCUT2D eigenvalue weighted by Crippen LogP contribution is 2.23. The Balaban J connectivity index is 1.44. The van der Waals surface area contributed by atoms with Gasteiger partial charge in [-0.05, 0) is 52.4 Å². The highest BCUT2D eigenvalue weighted by molar-refractivity contribution is 5.67. The molecule has 5 atom stereocenters. The Hall–Kier alpha value is -0.890. The fourth-order valence-electron chi connectivity index (χ4n) is 4.10. The Bertz CT molecular complexity index is 590. The fraction of sp³-hybridized carbons (Fsp3) is 0.958. The third-order valence-corrected chi connectivity index (χ3v) is 5.78. The van der Waals surface area contributed by atoms with Crippen molar-refractivity contribution in [3.63, 3.8) is 0 Å². The molecule has 0 amide bonds. The lowest BCUT2D eigenvalue weighted by atomic mass is 10.2. The second-order valence-corrected chi connectivity index (χ2v) is 9.54. The summed E-state index contributed by atoms with van der Waals surface area (Å²) < 4.78 is 51.9. The monoisotopic (exact) mass is 506 g/mol. The Morgan fingerprint density at radius 1 is 0.886 bits per heavy atom. The molecule has 0 aromatic heterocycles. The predicted molar refractivity (Wildman–Crippen MR) is 122 cm³/mol. The molecule has 11 heteroatoms. The molecule has 0 bridgehead atoms. The second kappa shape index (κ2) is 15.4. The van der Waals surface area contributed by atoms with Gasteiger partial charge < -0.3 is 47.7 Å². The van der Waals surface area contributed by atoms with Crippen molar-refractivity contribution < 1.29 is 52.5 Å². The third kappa shape index (κ3) is 11.8. The van der Waals surface area contributed by atoms with Gasteiger partial charge in [0.2, 0.25) is 0 Å². The van der Waals surface area contributed by atoms with Crippen LogP contribution in [-0.2, 0) is 47.4 Å². The lowest BCUT2D eigenvalue weighted by molar-refractivity contribution is -0.223. The summed E-state index contributed by atoms with van der Waals surface area (Å²) >= 11 is 0. The van der Waals surface area contributed by atoms with Crippen LogP contribution in [0.15, 0.2) is 0 Å². The first-order valence-electron chi connectivity index (χ1n) is 12.7. The standard InChI is InChI=1S/C24H42O11/c1-24(2)32-16-20(35-24)15-28-13-18(33-22-7-3-5-9-30-22)11-27-12-19(14-29-17-21(25)26)34-23-8-4-6-10-31-23/h18-20,22-23H,3-17H2,1-2H3,(H,25,26). The summed E-state index contributed by atoms with van der Waals surface area (Å²) in [5.74, 6) is -1.63. The smallest absolute Gasteiger partial charge is 0.329 e. The zero-order valence-corrected chi connectivity index (χ0v) is 21.0. The maximum Gasteiger partial charge on any atom is 0.329 e. The summed E-state index contributed by atoms with van der Waals surface area (Å²) in [4.78, 5) is 10.8. The Morgan fingerprint density at radius 2 is 1.46 bits per heavy atom. The summed E-state index contributed by atoms with van der Waals surface area (Å²) in [6, 6.07) is 0. The van der Waals surface area contributed by atoms with Gasteiger partial charge in [0.15, 0.2) is 18.4 Å². The molecule has 0 aromatic carbocycles. The summed E-state index contributed by atoms with van der Waals surface area (Å²) in [5, 5.41) is 8.86. The highest BCUT2D eigenvalue weighted by Gasteiger charge is 2.33. The van der Waals surface area contributed by atoms with E-state index in [9.17, 15) is 4.79 Å². The summed E-state index contributed by atoms with van der Waals surface area (Å²) in [6.45, 7) is 6.44. The molecular formula is C24H42O11. The Morgan fingerprint density at radius 3 is 1.94 bits per heavy atom. The number of hydrogen-bond acceptors (Lipinski definition) is 10. The van der Waals surface area contributed by atoms with Crippen molar-refractivity contribution in [1.29, 1.82) is 0 Å². The number of carboxylic acid groups (broad SMARTS) is 1. The maximum atomic E-state index is 10.8. The fourth-order valence-corrected chi connectivity index (χ4v) is 4.10. The molecule has 3 heterocycles. The highest BCUT2D eigenvalue weighted by atomic mass is 16.8. The Kier molecular flexibility index (Phi) is 12.6. The van der Waals surface area contributed by atoms with Crippen LogP contribution >= 0.6 is 0 Å². The maximum absolute atomic E-state index is 10.8. The van der Waals surface area contributed by atoms with Gasteiger partial charge in [0.25, 0.3) is 0 Å². The van der Waals surface area contributed by atoms with Gasteiger partial charge in [0, 0.05) is 13.2 Å². The molecule has 35 heavy (non-hydrogen) atoms. The van der Waals surface area contributed by atoms with Gasteiger partial charge in [-0.2, -0.15) is 0 Å². The number of ether oxygens (including phenoxy) is 9. The van der Waals surface area contributed by atoms with Gasteiger partial charge in [-0.3, -0.25) is 0 Å². The van der Waals surface area contributed by atoms with Crippen LogP contribution in [0.2, 0.25) is 0 Å². The SMILES string of the molecule is CC1(C)OCC(COCC(COCC(COCC(=O)O)OC2CCCCO2)OC2CCCCO2)O1. The molecule has 0 aliphatic carbocycles. The van der Waals surface area contributed by atoms with E-state index in [0.717, 1.165) is 38.5 Å². The molecule has 0 saturated carbocycles. The minimum Gasteiger partial charge on any atom is -0.480 e. The van der Waals surface area contributed by atoms with E-state index in [2.05, 4.69) is 0 Å². The zero-order valence-electron chi connectivity index (χ0n) is 21.0. The molecule has 3 rings (SSSR count). The van der Waals surface area contributed by atoms with E-state index in [1.165, 1.54) is 0 Å². The normalized spacial score (nSPS) is 28.6. The molecule has 3 saturated heterocycles. The van der Waals surface area contributed by atoms with Crippen LogP contribution < -0.4 is 0 Å². The van der Waals surface area contributed by atoms with Crippen LogP contribution in [0.4, 0.5) is 0 Å². The van der Waals surface area contributed by atoms with Crippen molar-refractivity contribution in [3.8, 4) is 0 Å². The van der Waals surface area contributed by atoms with Crippen LogP contribution in [0, 0.1) is 0 Å². The minimum absolute atomic E-state index is 0.0920. The van der Waals surface area contributed by atoms with Crippen molar-refractivity contribution in [1.82, 2.24) is 0 Å². The molecule has 3 aliphatic heterocycles. The van der Waals surface area contributed by atoms with Gasteiger partial charge in [0.1, 0.15) is 24.9 Å². The molecule has 0 radical (unpaired) electrons. The first kappa shape index (κ1) is 28.7. The molecule has 0 spiro atoms. The molecule has 3 aliphatic rings. The van der Waals surface area contributed by atoms with Gasteiger partial charge in [-0.25, -0.2) is 4.79 Å². The van der Waals surface area contributed by atoms with E-state index in [0.29, 0.717) is 33.0 Å². The average molecular weight is 507 g/mol. The van der Waals surface area contributed by atoms with E-state index in [1.54, 1.807) is 0 Å². The summed E-state index contributed by atoms with van der Waals surface area (Å²) in [5.41, 5.74) is 0. The first-order chi connectivity index (χ1) is 16.9.